The maximum atomic E-state index is 11.2. The van der Waals surface area contributed by atoms with Crippen LogP contribution in [0.2, 0.25) is 0 Å². The first-order chi connectivity index (χ1) is 8.75. The third-order valence-corrected chi connectivity index (χ3v) is 2.86. The summed E-state index contributed by atoms with van der Waals surface area (Å²) in [5, 5.41) is 0. The van der Waals surface area contributed by atoms with E-state index in [1.165, 1.54) is 0 Å². The molecule has 0 saturated heterocycles. The van der Waals surface area contributed by atoms with E-state index in [9.17, 15) is 4.79 Å². The first kappa shape index (κ1) is 10.7. The topological polar surface area (TPSA) is 47.8 Å². The van der Waals surface area contributed by atoms with Gasteiger partial charge in [0, 0.05) is 17.4 Å². The smallest absolute Gasteiger partial charge is 0.164 e. The molecule has 3 rings (SSSR count). The summed E-state index contributed by atoms with van der Waals surface area (Å²) in [4.78, 5) is 19.8. The van der Waals surface area contributed by atoms with Gasteiger partial charge in [0.15, 0.2) is 11.4 Å². The molecule has 0 fully saturated rings. The lowest BCUT2D eigenvalue weighted by molar-refractivity contribution is 0.101. The van der Waals surface area contributed by atoms with Crippen molar-refractivity contribution in [2.45, 2.75) is 6.92 Å². The minimum Gasteiger partial charge on any atom is -0.295 e. The molecule has 4 nitrogen and oxygen atoms in total. The zero-order chi connectivity index (χ0) is 12.5. The molecule has 0 spiro atoms. The number of carbonyl (C=O) groups is 1. The van der Waals surface area contributed by atoms with E-state index in [1.807, 2.05) is 41.0 Å². The average molecular weight is 237 g/mol. The minimum atomic E-state index is 0.0650. The second-order valence-electron chi connectivity index (χ2n) is 4.06. The Kier molecular flexibility index (Phi) is 2.41. The van der Waals surface area contributed by atoms with Gasteiger partial charge < -0.3 is 0 Å². The molecule has 0 aliphatic carbocycles. The molecular weight excluding hydrogens is 226 g/mol. The van der Waals surface area contributed by atoms with Gasteiger partial charge in [0.1, 0.15) is 11.8 Å². The Morgan fingerprint density at radius 3 is 2.61 bits per heavy atom. The maximum Gasteiger partial charge on any atom is 0.164 e. The van der Waals surface area contributed by atoms with Crippen LogP contribution in [-0.4, -0.2) is 20.3 Å². The van der Waals surface area contributed by atoms with Gasteiger partial charge in [-0.1, -0.05) is 0 Å². The molecule has 0 atom stereocenters. The van der Waals surface area contributed by atoms with Gasteiger partial charge in [-0.25, -0.2) is 9.97 Å². The molecule has 0 aliphatic heterocycles. The molecule has 0 radical (unpaired) electrons. The summed E-state index contributed by atoms with van der Waals surface area (Å²) in [6.07, 6.45) is 3.48. The summed E-state index contributed by atoms with van der Waals surface area (Å²) in [6.45, 7) is 1.56. The predicted molar refractivity (Wildman–Crippen MR) is 68.9 cm³/mol. The Morgan fingerprint density at radius 2 is 1.89 bits per heavy atom. The molecular formula is C14H11N3O. The zero-order valence-corrected chi connectivity index (χ0v) is 9.87. The fourth-order valence-corrected chi connectivity index (χ4v) is 1.90. The number of rotatable bonds is 2. The van der Waals surface area contributed by atoms with E-state index in [0.717, 1.165) is 16.9 Å². The summed E-state index contributed by atoms with van der Waals surface area (Å²) in [7, 11) is 0. The van der Waals surface area contributed by atoms with Gasteiger partial charge in [0.05, 0.1) is 0 Å². The fraction of sp³-hybridized carbons (Fsp3) is 0.0714. The third kappa shape index (κ3) is 1.68. The SMILES string of the molecule is CC(=O)c1ccc(-n2cnc3cccnc32)cc1. The summed E-state index contributed by atoms with van der Waals surface area (Å²) in [5.41, 5.74) is 3.32. The number of benzene rings is 1. The van der Waals surface area contributed by atoms with Crippen LogP contribution < -0.4 is 0 Å². The van der Waals surface area contributed by atoms with Crippen LogP contribution in [0.15, 0.2) is 48.9 Å². The van der Waals surface area contributed by atoms with Gasteiger partial charge in [0.25, 0.3) is 0 Å². The van der Waals surface area contributed by atoms with Crippen LogP contribution in [0.5, 0.6) is 0 Å². The molecule has 0 saturated carbocycles. The van der Waals surface area contributed by atoms with Gasteiger partial charge >= 0.3 is 0 Å². The Hall–Kier alpha value is -2.49. The zero-order valence-electron chi connectivity index (χ0n) is 9.87. The van der Waals surface area contributed by atoms with Crippen LogP contribution in [0, 0.1) is 0 Å². The normalized spacial score (nSPS) is 10.7. The van der Waals surface area contributed by atoms with Crippen molar-refractivity contribution >= 4 is 16.9 Å². The standard InChI is InChI=1S/C14H11N3O/c1-10(18)11-4-6-12(7-5-11)17-9-16-13-3-2-8-15-14(13)17/h2-9H,1H3. The van der Waals surface area contributed by atoms with Crippen molar-refractivity contribution in [3.63, 3.8) is 0 Å². The van der Waals surface area contributed by atoms with Gasteiger partial charge in [-0.3, -0.25) is 9.36 Å². The van der Waals surface area contributed by atoms with Crippen molar-refractivity contribution in [3.8, 4) is 5.69 Å². The van der Waals surface area contributed by atoms with Crippen molar-refractivity contribution in [1.29, 1.82) is 0 Å². The lowest BCUT2D eigenvalue weighted by Gasteiger charge is -2.04. The molecule has 0 aliphatic rings. The number of pyridine rings is 1. The average Bonchev–Trinajstić information content (AvgIpc) is 2.82. The lowest BCUT2D eigenvalue weighted by Crippen LogP contribution is -1.96. The van der Waals surface area contributed by atoms with Crippen molar-refractivity contribution in [2.24, 2.45) is 0 Å². The van der Waals surface area contributed by atoms with E-state index in [-0.39, 0.29) is 5.78 Å². The number of ketones is 1. The Balaban J connectivity index is 2.12. The Bertz CT molecular complexity index is 713. The molecule has 2 aromatic heterocycles. The second kappa shape index (κ2) is 4.07. The molecule has 88 valence electrons. The largest absolute Gasteiger partial charge is 0.295 e. The number of imidazole rings is 1. The number of hydrogen-bond acceptors (Lipinski definition) is 3. The van der Waals surface area contributed by atoms with Gasteiger partial charge in [-0.2, -0.15) is 0 Å². The lowest BCUT2D eigenvalue weighted by atomic mass is 10.1. The quantitative estimate of drug-likeness (QED) is 0.644. The summed E-state index contributed by atoms with van der Waals surface area (Å²) in [6, 6.07) is 11.2. The summed E-state index contributed by atoms with van der Waals surface area (Å²) in [5.74, 6) is 0.0650. The van der Waals surface area contributed by atoms with E-state index < -0.39 is 0 Å². The van der Waals surface area contributed by atoms with Crippen molar-refractivity contribution < 1.29 is 4.79 Å². The maximum absolute atomic E-state index is 11.2. The molecule has 2 heterocycles. The highest BCUT2D eigenvalue weighted by Gasteiger charge is 2.05. The van der Waals surface area contributed by atoms with Crippen molar-refractivity contribution in [2.75, 3.05) is 0 Å². The van der Waals surface area contributed by atoms with Crippen LogP contribution in [0.4, 0.5) is 0 Å². The van der Waals surface area contributed by atoms with Crippen LogP contribution in [0.3, 0.4) is 0 Å². The highest BCUT2D eigenvalue weighted by atomic mass is 16.1. The van der Waals surface area contributed by atoms with E-state index in [1.54, 1.807) is 19.4 Å². The number of Topliss-reactive ketones (excluding diaryl/α,β-unsaturated/α-hetero) is 1. The van der Waals surface area contributed by atoms with E-state index in [2.05, 4.69) is 9.97 Å². The fourth-order valence-electron chi connectivity index (χ4n) is 1.90. The molecule has 0 bridgehead atoms. The highest BCUT2D eigenvalue weighted by Crippen LogP contribution is 2.16. The van der Waals surface area contributed by atoms with Gasteiger partial charge in [0.2, 0.25) is 0 Å². The minimum absolute atomic E-state index is 0.0650. The van der Waals surface area contributed by atoms with Crippen LogP contribution in [0.1, 0.15) is 17.3 Å². The highest BCUT2D eigenvalue weighted by molar-refractivity contribution is 5.94. The van der Waals surface area contributed by atoms with E-state index in [0.29, 0.717) is 5.56 Å². The van der Waals surface area contributed by atoms with E-state index >= 15 is 0 Å². The number of aromatic nitrogens is 3. The molecule has 0 N–H and O–H groups in total. The predicted octanol–water partition coefficient (Wildman–Crippen LogP) is 2.62. The summed E-state index contributed by atoms with van der Waals surface area (Å²) >= 11 is 0. The Morgan fingerprint density at radius 1 is 1.11 bits per heavy atom. The first-order valence-electron chi connectivity index (χ1n) is 5.65. The van der Waals surface area contributed by atoms with Gasteiger partial charge in [-0.05, 0) is 43.3 Å². The third-order valence-electron chi connectivity index (χ3n) is 2.86. The summed E-state index contributed by atoms with van der Waals surface area (Å²) < 4.78 is 1.90. The van der Waals surface area contributed by atoms with Crippen LogP contribution >= 0.6 is 0 Å². The first-order valence-corrected chi connectivity index (χ1v) is 5.65. The molecule has 0 unspecified atom stereocenters. The molecule has 4 heteroatoms. The van der Waals surface area contributed by atoms with Gasteiger partial charge in [-0.15, -0.1) is 0 Å². The second-order valence-corrected chi connectivity index (χ2v) is 4.06. The number of fused-ring (bicyclic) bond motifs is 1. The van der Waals surface area contributed by atoms with Crippen LogP contribution in [-0.2, 0) is 0 Å². The molecule has 1 aromatic carbocycles. The molecule has 3 aromatic rings. The monoisotopic (exact) mass is 237 g/mol. The van der Waals surface area contributed by atoms with E-state index in [4.69, 9.17) is 0 Å². The van der Waals surface area contributed by atoms with Crippen molar-refractivity contribution in [3.05, 3.63) is 54.5 Å². The van der Waals surface area contributed by atoms with Crippen molar-refractivity contribution in [1.82, 2.24) is 14.5 Å². The van der Waals surface area contributed by atoms with Crippen LogP contribution in [0.25, 0.3) is 16.9 Å². The number of carbonyl (C=O) groups excluding carboxylic acids is 1. The molecule has 18 heavy (non-hydrogen) atoms. The molecule has 0 amide bonds. The number of nitrogens with zero attached hydrogens (tertiary/aromatic N) is 3. The Labute approximate surface area is 104 Å². The number of hydrogen-bond donors (Lipinski definition) is 0.